The Labute approximate surface area is 210 Å². The molecule has 3 aromatic rings. The summed E-state index contributed by atoms with van der Waals surface area (Å²) in [6.07, 6.45) is 4.69. The highest BCUT2D eigenvalue weighted by Gasteiger charge is 2.48. The average molecular weight is 483 g/mol. The van der Waals surface area contributed by atoms with E-state index < -0.39 is 5.54 Å². The van der Waals surface area contributed by atoms with E-state index in [0.717, 1.165) is 28.8 Å². The van der Waals surface area contributed by atoms with E-state index in [4.69, 9.17) is 10.7 Å². The van der Waals surface area contributed by atoms with Crippen molar-refractivity contribution in [2.24, 2.45) is 16.6 Å². The van der Waals surface area contributed by atoms with Crippen molar-refractivity contribution in [2.45, 2.75) is 51.9 Å². The highest BCUT2D eigenvalue weighted by molar-refractivity contribution is 6.07. The van der Waals surface area contributed by atoms with Gasteiger partial charge in [0.1, 0.15) is 6.33 Å². The van der Waals surface area contributed by atoms with E-state index in [2.05, 4.69) is 23.8 Å². The van der Waals surface area contributed by atoms with Crippen LogP contribution in [0.3, 0.4) is 0 Å². The third-order valence-electron chi connectivity index (χ3n) is 6.90. The number of benzene rings is 2. The first kappa shape index (κ1) is 23.7. The van der Waals surface area contributed by atoms with Crippen molar-refractivity contribution in [2.75, 3.05) is 0 Å². The van der Waals surface area contributed by atoms with Gasteiger partial charge in [-0.25, -0.2) is 15.0 Å². The van der Waals surface area contributed by atoms with Gasteiger partial charge in [0.2, 0.25) is 0 Å². The second-order valence-electron chi connectivity index (χ2n) is 9.88. The molecular weight excluding hydrogens is 452 g/mol. The van der Waals surface area contributed by atoms with E-state index in [1.54, 1.807) is 17.2 Å². The molecule has 5 rings (SSSR count). The second-order valence-corrected chi connectivity index (χ2v) is 9.88. The van der Waals surface area contributed by atoms with Crippen LogP contribution in [0, 0.1) is 5.92 Å². The average Bonchev–Trinajstić information content (AvgIpc) is 3.43. The van der Waals surface area contributed by atoms with Gasteiger partial charge in [-0.2, -0.15) is 0 Å². The molecular formula is C28H30N6O2. The molecule has 0 aliphatic carbocycles. The van der Waals surface area contributed by atoms with Crippen LogP contribution in [0.5, 0.6) is 0 Å². The van der Waals surface area contributed by atoms with Crippen LogP contribution in [0.2, 0.25) is 0 Å². The molecule has 2 aliphatic rings. The number of aromatic nitrogens is 2. The number of aliphatic imine (C=N–C) groups is 1. The van der Waals surface area contributed by atoms with Gasteiger partial charge in [0.15, 0.2) is 11.5 Å². The third kappa shape index (κ3) is 4.34. The Balaban J connectivity index is 1.37. The van der Waals surface area contributed by atoms with Gasteiger partial charge >= 0.3 is 0 Å². The van der Waals surface area contributed by atoms with Crippen LogP contribution < -0.4 is 5.73 Å². The lowest BCUT2D eigenvalue weighted by Crippen LogP contribution is -2.42. The first-order valence-electron chi connectivity index (χ1n) is 12.3. The second kappa shape index (κ2) is 9.53. The summed E-state index contributed by atoms with van der Waals surface area (Å²) in [7, 11) is 0. The van der Waals surface area contributed by atoms with E-state index >= 15 is 0 Å². The van der Waals surface area contributed by atoms with Gasteiger partial charge in [0.25, 0.3) is 11.8 Å². The molecule has 1 atom stereocenters. The highest BCUT2D eigenvalue weighted by Crippen LogP contribution is 2.39. The lowest BCUT2D eigenvalue weighted by molar-refractivity contribution is -0.132. The summed E-state index contributed by atoms with van der Waals surface area (Å²) in [5, 5.41) is 0. The van der Waals surface area contributed by atoms with E-state index in [1.807, 2.05) is 48.5 Å². The Bertz CT molecular complexity index is 1300. The summed E-state index contributed by atoms with van der Waals surface area (Å²) in [6, 6.07) is 17.0. The molecule has 0 bridgehead atoms. The van der Waals surface area contributed by atoms with Crippen molar-refractivity contribution >= 4 is 17.8 Å². The Morgan fingerprint density at radius 1 is 1.11 bits per heavy atom. The van der Waals surface area contributed by atoms with Crippen LogP contribution in [0.4, 0.5) is 0 Å². The van der Waals surface area contributed by atoms with E-state index in [0.29, 0.717) is 31.0 Å². The van der Waals surface area contributed by atoms with Gasteiger partial charge in [0, 0.05) is 23.9 Å². The fourth-order valence-corrected chi connectivity index (χ4v) is 4.90. The number of fused-ring (bicyclic) bond motifs is 1. The summed E-state index contributed by atoms with van der Waals surface area (Å²) in [4.78, 5) is 43.4. The molecule has 1 aromatic heterocycles. The first-order valence-corrected chi connectivity index (χ1v) is 12.3. The topological polar surface area (TPSA) is 105 Å². The molecule has 2 aromatic carbocycles. The van der Waals surface area contributed by atoms with Crippen molar-refractivity contribution in [3.8, 4) is 0 Å². The molecule has 36 heavy (non-hydrogen) atoms. The zero-order chi connectivity index (χ0) is 25.3. The minimum atomic E-state index is -1.02. The van der Waals surface area contributed by atoms with E-state index in [9.17, 15) is 9.59 Å². The molecule has 184 valence electrons. The first-order chi connectivity index (χ1) is 17.4. The van der Waals surface area contributed by atoms with Crippen molar-refractivity contribution in [1.82, 2.24) is 19.8 Å². The lowest BCUT2D eigenvalue weighted by Gasteiger charge is -2.27. The largest absolute Gasteiger partial charge is 0.369 e. The molecule has 0 radical (unpaired) electrons. The Kier molecular flexibility index (Phi) is 6.26. The summed E-state index contributed by atoms with van der Waals surface area (Å²) in [5.41, 5.74) is 9.39. The van der Waals surface area contributed by atoms with E-state index in [1.165, 1.54) is 11.2 Å². The quantitative estimate of drug-likeness (QED) is 0.554. The SMILES string of the molecule is CC(C)CCC1(c2ccccc2)N=C(N)N(Cc2cccc(C(=O)N3Cc4cncnc4C3)c2)C1=O. The Hall–Kier alpha value is -4.07. The maximum atomic E-state index is 13.9. The number of amides is 2. The fourth-order valence-electron chi connectivity index (χ4n) is 4.90. The molecule has 0 fully saturated rings. The van der Waals surface area contributed by atoms with Gasteiger partial charge in [-0.05, 0) is 42.0 Å². The molecule has 0 spiro atoms. The standard InChI is InChI=1S/C28H30N6O2/c1-19(2)11-12-28(23-9-4-3-5-10-23)26(36)34(27(29)32-28)15-20-7-6-8-21(13-20)25(35)33-16-22-14-30-18-31-24(22)17-33/h3-10,13-14,18-19H,11-12,15-17H2,1-2H3,(H2,29,32). The predicted octanol–water partition coefficient (Wildman–Crippen LogP) is 3.62. The van der Waals surface area contributed by atoms with Gasteiger partial charge in [-0.3, -0.25) is 14.5 Å². The van der Waals surface area contributed by atoms with Crippen molar-refractivity contribution < 1.29 is 9.59 Å². The number of nitrogens with two attached hydrogens (primary N) is 1. The Morgan fingerprint density at radius 3 is 2.67 bits per heavy atom. The van der Waals surface area contributed by atoms with Crippen LogP contribution in [0.25, 0.3) is 0 Å². The maximum absolute atomic E-state index is 13.9. The molecule has 2 aliphatic heterocycles. The highest BCUT2D eigenvalue weighted by atomic mass is 16.2. The zero-order valence-electron chi connectivity index (χ0n) is 20.6. The zero-order valence-corrected chi connectivity index (χ0v) is 20.6. The number of rotatable bonds is 7. The summed E-state index contributed by atoms with van der Waals surface area (Å²) < 4.78 is 0. The number of carbonyl (C=O) groups excluding carboxylic acids is 2. The summed E-state index contributed by atoms with van der Waals surface area (Å²) in [6.45, 7) is 5.46. The monoisotopic (exact) mass is 482 g/mol. The third-order valence-corrected chi connectivity index (χ3v) is 6.90. The van der Waals surface area contributed by atoms with Gasteiger partial charge < -0.3 is 10.6 Å². The fraction of sp³-hybridized carbons (Fsp3) is 0.321. The van der Waals surface area contributed by atoms with Crippen LogP contribution in [-0.2, 0) is 30.0 Å². The molecule has 3 heterocycles. The number of guanidine groups is 1. The van der Waals surface area contributed by atoms with Gasteiger partial charge in [-0.1, -0.05) is 56.3 Å². The lowest BCUT2D eigenvalue weighted by atomic mass is 9.83. The number of carbonyl (C=O) groups is 2. The van der Waals surface area contributed by atoms with E-state index in [-0.39, 0.29) is 24.3 Å². The van der Waals surface area contributed by atoms with Crippen molar-refractivity contribution in [1.29, 1.82) is 0 Å². The minimum Gasteiger partial charge on any atom is -0.369 e. The molecule has 2 N–H and O–H groups in total. The number of hydrogen-bond acceptors (Lipinski definition) is 6. The smallest absolute Gasteiger partial charge is 0.262 e. The van der Waals surface area contributed by atoms with Crippen LogP contribution in [0.1, 0.15) is 59.4 Å². The predicted molar refractivity (Wildman–Crippen MR) is 136 cm³/mol. The minimum absolute atomic E-state index is 0.0835. The van der Waals surface area contributed by atoms with Crippen LogP contribution >= 0.6 is 0 Å². The van der Waals surface area contributed by atoms with Crippen LogP contribution in [-0.4, -0.2) is 37.5 Å². The normalized spacial score (nSPS) is 19.1. The van der Waals surface area contributed by atoms with Crippen molar-refractivity contribution in [3.63, 3.8) is 0 Å². The summed E-state index contributed by atoms with van der Waals surface area (Å²) >= 11 is 0. The molecule has 2 amide bonds. The van der Waals surface area contributed by atoms with Gasteiger partial charge in [-0.15, -0.1) is 0 Å². The molecule has 0 saturated heterocycles. The summed E-state index contributed by atoms with van der Waals surface area (Å²) in [5.74, 6) is 0.420. The van der Waals surface area contributed by atoms with Gasteiger partial charge in [0.05, 0.1) is 18.8 Å². The van der Waals surface area contributed by atoms with Crippen molar-refractivity contribution in [3.05, 3.63) is 95.1 Å². The molecule has 1 unspecified atom stereocenters. The molecule has 8 nitrogen and oxygen atoms in total. The number of hydrogen-bond donors (Lipinski definition) is 1. The molecule has 0 saturated carbocycles. The number of nitrogens with zero attached hydrogens (tertiary/aromatic N) is 5. The Morgan fingerprint density at radius 2 is 1.92 bits per heavy atom. The maximum Gasteiger partial charge on any atom is 0.262 e. The van der Waals surface area contributed by atoms with Crippen LogP contribution in [0.15, 0.2) is 72.1 Å². The molecule has 8 heteroatoms.